The molecule has 0 spiro atoms. The number of nitrogens with zero attached hydrogens (tertiary/aromatic N) is 1. The van der Waals surface area contributed by atoms with Gasteiger partial charge in [-0.3, -0.25) is 15.5 Å². The Hall–Kier alpha value is -4.02. The molecule has 3 aromatic rings. The molecule has 1 amide bonds. The summed E-state index contributed by atoms with van der Waals surface area (Å²) < 4.78 is 32.8. The lowest BCUT2D eigenvalue weighted by molar-refractivity contribution is 0.0904. The quantitative estimate of drug-likeness (QED) is 0.179. The van der Waals surface area contributed by atoms with Crippen LogP contribution >= 0.6 is 0 Å². The van der Waals surface area contributed by atoms with Gasteiger partial charge < -0.3 is 26.0 Å². The number of nitrogens with one attached hydrogen (secondary N) is 4. The van der Waals surface area contributed by atoms with Crippen molar-refractivity contribution in [1.82, 2.24) is 10.6 Å². The van der Waals surface area contributed by atoms with Gasteiger partial charge in [0, 0.05) is 61.0 Å². The maximum absolute atomic E-state index is 13.6. The van der Waals surface area contributed by atoms with E-state index < -0.39 is 17.5 Å². The molecule has 0 radical (unpaired) electrons. The van der Waals surface area contributed by atoms with Gasteiger partial charge in [0.15, 0.2) is 0 Å². The molecule has 6 N–H and O–H groups in total. The monoisotopic (exact) mass is 534 g/mol. The molecule has 39 heavy (non-hydrogen) atoms. The number of carbonyl (C=O) groups excluding carboxylic acids is 1. The van der Waals surface area contributed by atoms with Crippen LogP contribution in [0, 0.1) is 17.0 Å². The molecule has 5 rings (SSSR count). The standard InChI is InChI=1S/C29H32F2N6O2/c30-20-12-19(13-21(31)15-20)11-18-1-4-26(32)25(14-18)28(33)36-29(38)24-3-2-23(37-8-7-34-17-37)16-27(24)35-22-5-9-39-10-6-22/h1-4,12-16,22,34-35H,5-11,17,32H2,(H2,33,36,38). The summed E-state index contributed by atoms with van der Waals surface area (Å²) in [5.41, 5.74) is 10.1. The van der Waals surface area contributed by atoms with Crippen molar-refractivity contribution in [2.45, 2.75) is 25.3 Å². The van der Waals surface area contributed by atoms with Gasteiger partial charge in [-0.05, 0) is 72.9 Å². The number of benzene rings is 3. The van der Waals surface area contributed by atoms with E-state index in [4.69, 9.17) is 15.9 Å². The van der Waals surface area contributed by atoms with Crippen LogP contribution in [0.2, 0.25) is 0 Å². The minimum atomic E-state index is -0.655. The van der Waals surface area contributed by atoms with E-state index in [9.17, 15) is 13.6 Å². The number of hydrogen-bond acceptors (Lipinski definition) is 7. The normalized spacial score (nSPS) is 15.8. The minimum Gasteiger partial charge on any atom is -0.398 e. The van der Waals surface area contributed by atoms with Crippen LogP contribution in [0.15, 0.2) is 54.6 Å². The summed E-state index contributed by atoms with van der Waals surface area (Å²) in [5, 5.41) is 18.1. The van der Waals surface area contributed by atoms with E-state index in [1.54, 1.807) is 24.3 Å². The summed E-state index contributed by atoms with van der Waals surface area (Å²) in [6.45, 7) is 3.85. The number of anilines is 3. The average Bonchev–Trinajstić information content (AvgIpc) is 3.45. The van der Waals surface area contributed by atoms with Crippen molar-refractivity contribution in [2.24, 2.45) is 0 Å². The molecule has 8 nitrogen and oxygen atoms in total. The summed E-state index contributed by atoms with van der Waals surface area (Å²) >= 11 is 0. The molecule has 10 heteroatoms. The Morgan fingerprint density at radius 1 is 1.03 bits per heavy atom. The lowest BCUT2D eigenvalue weighted by Crippen LogP contribution is -2.33. The number of hydrogen-bond donors (Lipinski definition) is 5. The van der Waals surface area contributed by atoms with Crippen LogP contribution < -0.4 is 26.6 Å². The molecule has 0 atom stereocenters. The molecule has 0 unspecified atom stereocenters. The van der Waals surface area contributed by atoms with Gasteiger partial charge in [-0.1, -0.05) is 6.07 Å². The second kappa shape index (κ2) is 11.8. The highest BCUT2D eigenvalue weighted by molar-refractivity contribution is 6.15. The minimum absolute atomic E-state index is 0.158. The van der Waals surface area contributed by atoms with E-state index >= 15 is 0 Å². The second-order valence-electron chi connectivity index (χ2n) is 9.89. The highest BCUT2D eigenvalue weighted by atomic mass is 19.1. The molecular weight excluding hydrogens is 502 g/mol. The van der Waals surface area contributed by atoms with Crippen molar-refractivity contribution in [3.63, 3.8) is 0 Å². The van der Waals surface area contributed by atoms with Crippen LogP contribution in [0.4, 0.5) is 25.8 Å². The number of halogens is 2. The van der Waals surface area contributed by atoms with E-state index in [1.807, 2.05) is 12.1 Å². The number of rotatable bonds is 7. The summed E-state index contributed by atoms with van der Waals surface area (Å²) in [5.74, 6) is -1.90. The number of amides is 1. The molecule has 2 saturated heterocycles. The number of ether oxygens (including phenoxy) is 1. The van der Waals surface area contributed by atoms with Crippen molar-refractivity contribution in [1.29, 1.82) is 5.41 Å². The van der Waals surface area contributed by atoms with Gasteiger partial charge >= 0.3 is 0 Å². The van der Waals surface area contributed by atoms with Crippen molar-refractivity contribution in [3.05, 3.63) is 88.5 Å². The smallest absolute Gasteiger partial charge is 0.258 e. The number of nitrogen functional groups attached to an aromatic ring is 1. The fourth-order valence-electron chi connectivity index (χ4n) is 4.96. The van der Waals surface area contributed by atoms with Crippen LogP contribution in [-0.2, 0) is 11.2 Å². The zero-order valence-electron chi connectivity index (χ0n) is 21.5. The lowest BCUT2D eigenvalue weighted by atomic mass is 10.0. The van der Waals surface area contributed by atoms with Crippen LogP contribution in [0.3, 0.4) is 0 Å². The van der Waals surface area contributed by atoms with Gasteiger partial charge in [0.1, 0.15) is 17.5 Å². The van der Waals surface area contributed by atoms with Crippen LogP contribution in [0.1, 0.15) is 39.9 Å². The molecule has 2 aliphatic rings. The number of carbonyl (C=O) groups is 1. The summed E-state index contributed by atoms with van der Waals surface area (Å²) in [6.07, 6.45) is 1.92. The molecular formula is C29H32F2N6O2. The zero-order chi connectivity index (χ0) is 27.4. The van der Waals surface area contributed by atoms with Gasteiger partial charge in [-0.25, -0.2) is 8.78 Å². The van der Waals surface area contributed by atoms with E-state index in [1.165, 1.54) is 12.1 Å². The molecule has 2 fully saturated rings. The van der Waals surface area contributed by atoms with Gasteiger partial charge in [0.2, 0.25) is 0 Å². The Labute approximate surface area is 226 Å². The maximum Gasteiger partial charge on any atom is 0.258 e. The summed E-state index contributed by atoms with van der Waals surface area (Å²) in [6, 6.07) is 14.2. The van der Waals surface area contributed by atoms with Gasteiger partial charge in [-0.2, -0.15) is 0 Å². The van der Waals surface area contributed by atoms with Gasteiger partial charge in [-0.15, -0.1) is 0 Å². The van der Waals surface area contributed by atoms with E-state index in [0.717, 1.165) is 44.4 Å². The Bertz CT molecular complexity index is 1350. The van der Waals surface area contributed by atoms with E-state index in [2.05, 4.69) is 20.9 Å². The molecule has 0 bridgehead atoms. The topological polar surface area (TPSA) is 116 Å². The third-order valence-electron chi connectivity index (χ3n) is 7.01. The van der Waals surface area contributed by atoms with E-state index in [0.29, 0.717) is 46.8 Å². The molecule has 3 aromatic carbocycles. The Kier molecular flexibility index (Phi) is 8.04. The summed E-state index contributed by atoms with van der Waals surface area (Å²) in [7, 11) is 0. The van der Waals surface area contributed by atoms with Gasteiger partial charge in [0.05, 0.1) is 12.2 Å². The first-order valence-corrected chi connectivity index (χ1v) is 13.0. The maximum atomic E-state index is 13.6. The lowest BCUT2D eigenvalue weighted by Gasteiger charge is -2.26. The predicted octanol–water partition coefficient (Wildman–Crippen LogP) is 3.85. The van der Waals surface area contributed by atoms with Crippen molar-refractivity contribution in [2.75, 3.05) is 48.9 Å². The van der Waals surface area contributed by atoms with Crippen molar-refractivity contribution >= 4 is 28.8 Å². The third kappa shape index (κ3) is 6.52. The molecule has 204 valence electrons. The highest BCUT2D eigenvalue weighted by Gasteiger charge is 2.21. The predicted molar refractivity (Wildman–Crippen MR) is 148 cm³/mol. The van der Waals surface area contributed by atoms with Crippen LogP contribution in [-0.4, -0.2) is 50.8 Å². The molecule has 0 aromatic heterocycles. The van der Waals surface area contributed by atoms with E-state index in [-0.39, 0.29) is 18.3 Å². The highest BCUT2D eigenvalue weighted by Crippen LogP contribution is 2.27. The third-order valence-corrected chi connectivity index (χ3v) is 7.01. The van der Waals surface area contributed by atoms with Gasteiger partial charge in [0.25, 0.3) is 5.91 Å². The summed E-state index contributed by atoms with van der Waals surface area (Å²) in [4.78, 5) is 15.6. The Morgan fingerprint density at radius 3 is 2.51 bits per heavy atom. The first-order chi connectivity index (χ1) is 18.9. The van der Waals surface area contributed by atoms with Crippen LogP contribution in [0.5, 0.6) is 0 Å². The van der Waals surface area contributed by atoms with Crippen molar-refractivity contribution in [3.8, 4) is 0 Å². The number of nitrogens with two attached hydrogens (primary N) is 1. The Morgan fingerprint density at radius 2 is 1.79 bits per heavy atom. The molecule has 2 heterocycles. The largest absolute Gasteiger partial charge is 0.398 e. The fraction of sp³-hybridized carbons (Fsp3) is 0.310. The molecule has 2 aliphatic heterocycles. The fourth-order valence-corrected chi connectivity index (χ4v) is 4.96. The SMILES string of the molecule is N=C(NC(=O)c1ccc(N2CCNC2)cc1NC1CCOCC1)c1cc(Cc2cc(F)cc(F)c2)ccc1N. The Balaban J connectivity index is 1.35. The first kappa shape index (κ1) is 26.6. The zero-order valence-corrected chi connectivity index (χ0v) is 21.5. The second-order valence-corrected chi connectivity index (χ2v) is 9.89. The van der Waals surface area contributed by atoms with Crippen molar-refractivity contribution < 1.29 is 18.3 Å². The first-order valence-electron chi connectivity index (χ1n) is 13.0. The molecule has 0 saturated carbocycles. The number of amidine groups is 1. The average molecular weight is 535 g/mol. The van der Waals surface area contributed by atoms with Crippen LogP contribution in [0.25, 0.3) is 0 Å². The molecule has 0 aliphatic carbocycles.